The van der Waals surface area contributed by atoms with Crippen molar-refractivity contribution in [1.29, 1.82) is 0 Å². The third-order valence-electron chi connectivity index (χ3n) is 8.44. The Balaban J connectivity index is 1.87. The maximum Gasteiger partial charge on any atom is 0.356 e. The second-order valence-corrected chi connectivity index (χ2v) is 14.7. The Bertz CT molecular complexity index is 1640. The van der Waals surface area contributed by atoms with Crippen molar-refractivity contribution in [2.45, 2.75) is 94.6 Å². The van der Waals surface area contributed by atoms with Crippen LogP contribution in [0, 0.1) is 0 Å². The lowest BCUT2D eigenvalue weighted by Crippen LogP contribution is -2.45. The van der Waals surface area contributed by atoms with Crippen molar-refractivity contribution in [2.75, 3.05) is 47.6 Å². The molecule has 310 valence electrons. The smallest absolute Gasteiger partial charge is 0.356 e. The standard InChI is InChI=1S/C32H51N6O16P/c1-18(2)51-27-21(54-30(28(27)48-13-9-23(42)34-5)37(17-40)11-7-22(41)33-4)16-50-55(46,47)19(3)52-26-20(15-39)53-31(29(26)49-14-10-24(43)35-6)38-12-8-25(44)36-32(38)45/h7-8,11-12,17-21,26-31,39H,9-10,13-16H2,1-6H3,(H,33,41)(H,34,42)(H,35,43)(H,46,47)(H,36,44,45)/b11-7-. The molecule has 23 heteroatoms. The summed E-state index contributed by atoms with van der Waals surface area (Å²) < 4.78 is 56.2. The van der Waals surface area contributed by atoms with Crippen LogP contribution in [-0.4, -0.2) is 151 Å². The highest BCUT2D eigenvalue weighted by Gasteiger charge is 2.52. The first-order valence-corrected chi connectivity index (χ1v) is 19.0. The lowest BCUT2D eigenvalue weighted by Gasteiger charge is -2.30. The SMILES string of the molecule is CNC(=O)/C=C\N(C=O)C1OC(COP(=O)(O)C(C)OC2C(CO)OC(n3ccc(=O)[nH]c3=O)C2OCCC(=O)NC)C(OC(C)C)C1OCCC(=O)NC. The van der Waals surface area contributed by atoms with E-state index < -0.39 is 99.0 Å². The minimum atomic E-state index is -4.78. The molecule has 0 saturated carbocycles. The van der Waals surface area contributed by atoms with Crippen LogP contribution in [0.3, 0.4) is 0 Å². The molecular weight excluding hydrogens is 755 g/mol. The number of aliphatic hydroxyl groups excluding tert-OH is 1. The van der Waals surface area contributed by atoms with E-state index in [1.165, 1.54) is 28.1 Å². The number of aromatic amines is 1. The number of nitrogens with zero attached hydrogens (tertiary/aromatic N) is 2. The zero-order valence-electron chi connectivity index (χ0n) is 31.4. The molecule has 55 heavy (non-hydrogen) atoms. The second-order valence-electron chi connectivity index (χ2n) is 12.5. The molecule has 0 aliphatic carbocycles. The number of hydrogen-bond donors (Lipinski definition) is 6. The van der Waals surface area contributed by atoms with E-state index in [9.17, 15) is 43.3 Å². The summed E-state index contributed by atoms with van der Waals surface area (Å²) in [5.41, 5.74) is -1.56. The molecule has 10 unspecified atom stereocenters. The number of ether oxygens (including phenoxy) is 6. The van der Waals surface area contributed by atoms with Gasteiger partial charge in [0.2, 0.25) is 24.1 Å². The average Bonchev–Trinajstić information content (AvgIpc) is 3.66. The number of hydrogen-bond acceptors (Lipinski definition) is 15. The number of carbonyl (C=O) groups excluding carboxylic acids is 4. The molecule has 2 fully saturated rings. The molecule has 3 heterocycles. The Kier molecular flexibility index (Phi) is 17.8. The summed E-state index contributed by atoms with van der Waals surface area (Å²) in [6.45, 7) is 3.02. The second kappa shape index (κ2) is 21.5. The van der Waals surface area contributed by atoms with Gasteiger partial charge in [-0.1, -0.05) is 0 Å². The van der Waals surface area contributed by atoms with Crippen molar-refractivity contribution in [2.24, 2.45) is 0 Å². The third-order valence-corrected chi connectivity index (χ3v) is 10.00. The molecule has 1 aromatic rings. The molecule has 10 atom stereocenters. The Labute approximate surface area is 316 Å². The fourth-order valence-electron chi connectivity index (χ4n) is 5.62. The van der Waals surface area contributed by atoms with E-state index in [0.717, 1.165) is 34.0 Å². The van der Waals surface area contributed by atoms with Gasteiger partial charge >= 0.3 is 13.3 Å². The fraction of sp³-hybridized carbons (Fsp3) is 0.688. The van der Waals surface area contributed by atoms with E-state index in [2.05, 4.69) is 20.9 Å². The van der Waals surface area contributed by atoms with Gasteiger partial charge in [-0.3, -0.25) is 43.0 Å². The highest BCUT2D eigenvalue weighted by molar-refractivity contribution is 7.53. The minimum Gasteiger partial charge on any atom is -0.394 e. The molecule has 6 N–H and O–H groups in total. The van der Waals surface area contributed by atoms with Crippen LogP contribution in [0.15, 0.2) is 34.1 Å². The maximum atomic E-state index is 13.7. The first-order valence-electron chi connectivity index (χ1n) is 17.4. The molecule has 3 rings (SSSR count). The van der Waals surface area contributed by atoms with Crippen LogP contribution in [0.1, 0.15) is 39.8 Å². The number of likely N-dealkylation sites (N-methyl/N-ethyl adjacent to an activating group) is 1. The van der Waals surface area contributed by atoms with E-state index in [4.69, 9.17) is 32.9 Å². The van der Waals surface area contributed by atoms with E-state index in [0.29, 0.717) is 6.41 Å². The molecule has 2 aliphatic rings. The summed E-state index contributed by atoms with van der Waals surface area (Å²) >= 11 is 0. The van der Waals surface area contributed by atoms with Crippen LogP contribution in [0.5, 0.6) is 0 Å². The quantitative estimate of drug-likeness (QED) is 0.0406. The van der Waals surface area contributed by atoms with Crippen molar-refractivity contribution < 1.29 is 66.7 Å². The zero-order chi connectivity index (χ0) is 40.9. The highest BCUT2D eigenvalue weighted by atomic mass is 31.2. The minimum absolute atomic E-state index is 0.0565. The van der Waals surface area contributed by atoms with Gasteiger partial charge in [0.05, 0.1) is 32.5 Å². The summed E-state index contributed by atoms with van der Waals surface area (Å²) in [5, 5.41) is 17.5. The molecule has 22 nitrogen and oxygen atoms in total. The van der Waals surface area contributed by atoms with Gasteiger partial charge in [0, 0.05) is 58.5 Å². The van der Waals surface area contributed by atoms with Crippen molar-refractivity contribution in [3.63, 3.8) is 0 Å². The molecule has 0 bridgehead atoms. The topological polar surface area (TPSA) is 285 Å². The zero-order valence-corrected chi connectivity index (χ0v) is 32.2. The first-order chi connectivity index (χ1) is 26.1. The van der Waals surface area contributed by atoms with E-state index >= 15 is 0 Å². The van der Waals surface area contributed by atoms with Gasteiger partial charge in [-0.05, 0) is 20.8 Å². The molecular formula is C32H51N6O16P. The van der Waals surface area contributed by atoms with Gasteiger partial charge < -0.3 is 58.9 Å². The number of rotatable bonds is 22. The largest absolute Gasteiger partial charge is 0.394 e. The Hall–Kier alpha value is -3.83. The Morgan fingerprint density at radius 2 is 1.58 bits per heavy atom. The normalized spacial score (nSPS) is 26.8. The predicted molar refractivity (Wildman–Crippen MR) is 189 cm³/mol. The highest BCUT2D eigenvalue weighted by Crippen LogP contribution is 2.50. The fourth-order valence-corrected chi connectivity index (χ4v) is 6.48. The van der Waals surface area contributed by atoms with Crippen molar-refractivity contribution in [3.05, 3.63) is 45.4 Å². The molecule has 0 aromatic carbocycles. The van der Waals surface area contributed by atoms with Crippen LogP contribution in [0.2, 0.25) is 0 Å². The van der Waals surface area contributed by atoms with Crippen LogP contribution in [-0.2, 0) is 56.7 Å². The van der Waals surface area contributed by atoms with Crippen molar-refractivity contribution in [1.82, 2.24) is 30.4 Å². The van der Waals surface area contributed by atoms with Gasteiger partial charge in [0.1, 0.15) is 36.6 Å². The van der Waals surface area contributed by atoms with Gasteiger partial charge in [-0.25, -0.2) is 4.79 Å². The number of aliphatic hydroxyl groups is 1. The van der Waals surface area contributed by atoms with E-state index in [1.807, 2.05) is 0 Å². The molecule has 2 saturated heterocycles. The van der Waals surface area contributed by atoms with Crippen LogP contribution < -0.4 is 27.2 Å². The van der Waals surface area contributed by atoms with Gasteiger partial charge in [0.25, 0.3) is 5.56 Å². The summed E-state index contributed by atoms with van der Waals surface area (Å²) in [7, 11) is -0.510. The Morgan fingerprint density at radius 1 is 0.964 bits per heavy atom. The lowest BCUT2D eigenvalue weighted by atomic mass is 10.1. The predicted octanol–water partition coefficient (Wildman–Crippen LogP) is -2.36. The third kappa shape index (κ3) is 12.6. The number of H-pyrrole nitrogens is 1. The van der Waals surface area contributed by atoms with E-state index in [-0.39, 0.29) is 37.9 Å². The number of aromatic nitrogens is 2. The molecule has 1 aromatic heterocycles. The molecule has 4 amide bonds. The number of nitrogens with one attached hydrogen (secondary N) is 4. The molecule has 0 spiro atoms. The summed E-state index contributed by atoms with van der Waals surface area (Å²) in [6.07, 6.45) is -6.47. The number of amides is 4. The monoisotopic (exact) mass is 806 g/mol. The Morgan fingerprint density at radius 3 is 2.13 bits per heavy atom. The summed E-state index contributed by atoms with van der Waals surface area (Å²) in [6, 6.07) is 1.06. The van der Waals surface area contributed by atoms with Crippen LogP contribution in [0.4, 0.5) is 0 Å². The van der Waals surface area contributed by atoms with Crippen LogP contribution in [0.25, 0.3) is 0 Å². The van der Waals surface area contributed by atoms with Crippen molar-refractivity contribution in [3.8, 4) is 0 Å². The van der Waals surface area contributed by atoms with Crippen molar-refractivity contribution >= 4 is 31.7 Å². The van der Waals surface area contributed by atoms with Gasteiger partial charge in [-0.2, -0.15) is 0 Å². The van der Waals surface area contributed by atoms with Gasteiger partial charge in [0.15, 0.2) is 18.3 Å². The maximum absolute atomic E-state index is 13.7. The summed E-state index contributed by atoms with van der Waals surface area (Å²) in [5.74, 6) is -2.86. The first kappa shape index (κ1) is 45.6. The van der Waals surface area contributed by atoms with E-state index in [1.54, 1.807) is 13.8 Å². The molecule has 0 radical (unpaired) electrons. The molecule has 2 aliphatic heterocycles. The van der Waals surface area contributed by atoms with Gasteiger partial charge in [-0.15, -0.1) is 0 Å². The van der Waals surface area contributed by atoms with Crippen LogP contribution >= 0.6 is 7.60 Å². The average molecular weight is 807 g/mol. The lowest BCUT2D eigenvalue weighted by molar-refractivity contribution is -0.139. The number of carbonyl (C=O) groups is 4. The summed E-state index contributed by atoms with van der Waals surface area (Å²) in [4.78, 5) is 86.6.